The number of pyridine rings is 1. The number of anilines is 2. The summed E-state index contributed by atoms with van der Waals surface area (Å²) in [4.78, 5) is 19.8. The highest BCUT2D eigenvalue weighted by Crippen LogP contribution is 2.36. The molecule has 5 rings (SSSR count). The van der Waals surface area contributed by atoms with Gasteiger partial charge in [0.05, 0.1) is 16.5 Å². The number of ether oxygens (including phenoxy) is 2. The number of halogens is 3. The Morgan fingerprint density at radius 1 is 1.25 bits per heavy atom. The van der Waals surface area contributed by atoms with Crippen molar-refractivity contribution in [1.82, 2.24) is 14.8 Å². The minimum absolute atomic E-state index is 0.155. The van der Waals surface area contributed by atoms with Crippen molar-refractivity contribution >= 4 is 38.7 Å². The lowest BCUT2D eigenvalue weighted by molar-refractivity contribution is -0.0964. The number of carbonyl (C=O) groups excluding carboxylic acids is 1. The fourth-order valence-corrected chi connectivity index (χ4v) is 6.04. The van der Waals surface area contributed by atoms with Crippen LogP contribution in [-0.4, -0.2) is 61.7 Å². The Hall–Kier alpha value is -3.29. The molecule has 2 saturated heterocycles. The van der Waals surface area contributed by atoms with Gasteiger partial charge in [-0.05, 0) is 62.1 Å². The first-order valence-corrected chi connectivity index (χ1v) is 15.2. The van der Waals surface area contributed by atoms with E-state index in [-0.39, 0.29) is 22.8 Å². The van der Waals surface area contributed by atoms with Crippen LogP contribution in [0, 0.1) is 4.78 Å². The Kier molecular flexibility index (Phi) is 7.98. The van der Waals surface area contributed by atoms with Gasteiger partial charge in [0.15, 0.2) is 6.23 Å². The second kappa shape index (κ2) is 11.3. The van der Waals surface area contributed by atoms with Crippen molar-refractivity contribution in [2.24, 2.45) is 0 Å². The van der Waals surface area contributed by atoms with Gasteiger partial charge >= 0.3 is 5.57 Å². The third-order valence-electron chi connectivity index (χ3n) is 6.93. The van der Waals surface area contributed by atoms with Crippen LogP contribution < -0.4 is 15.0 Å². The van der Waals surface area contributed by atoms with Crippen LogP contribution in [0.2, 0.25) is 0 Å². The van der Waals surface area contributed by atoms with E-state index in [1.54, 1.807) is 16.9 Å². The van der Waals surface area contributed by atoms with Gasteiger partial charge in [-0.25, -0.2) is 13.9 Å². The number of nitrogens with one attached hydrogen (secondary N) is 2. The average molecular weight is 595 g/mol. The van der Waals surface area contributed by atoms with Gasteiger partial charge in [0, 0.05) is 70.9 Å². The molecule has 2 aliphatic heterocycles. The van der Waals surface area contributed by atoms with Gasteiger partial charge in [0.2, 0.25) is 0 Å². The zero-order chi connectivity index (χ0) is 28.5. The Bertz CT molecular complexity index is 1470. The summed E-state index contributed by atoms with van der Waals surface area (Å²) in [5.74, 6) is -0.0143. The molecule has 4 heterocycles. The van der Waals surface area contributed by atoms with Crippen molar-refractivity contribution in [2.45, 2.75) is 42.7 Å². The SMILES string of the molecule is CS(=N)(=O)C1CCN(c2ncc(C(=O)Nc3ccc(OC(F)(F)Cl)cc3)cc2-c2ccnn2C2CCCCO2)C1. The third kappa shape index (κ3) is 6.53. The molecule has 1 amide bonds. The normalized spacial score (nSPS) is 21.1. The Morgan fingerprint density at radius 2 is 2.02 bits per heavy atom. The van der Waals surface area contributed by atoms with Crippen molar-refractivity contribution in [2.75, 3.05) is 36.2 Å². The van der Waals surface area contributed by atoms with Crippen molar-refractivity contribution in [3.05, 3.63) is 54.4 Å². The largest absolute Gasteiger partial charge is 0.487 e. The van der Waals surface area contributed by atoms with E-state index in [4.69, 9.17) is 21.1 Å². The number of alkyl halides is 3. The van der Waals surface area contributed by atoms with E-state index >= 15 is 0 Å². The fraction of sp³-hybridized carbons (Fsp3) is 0.423. The number of amides is 1. The second-order valence-corrected chi connectivity index (χ2v) is 12.8. The molecule has 1 aromatic carbocycles. The molecule has 0 bridgehead atoms. The summed E-state index contributed by atoms with van der Waals surface area (Å²) < 4.78 is 58.3. The van der Waals surface area contributed by atoms with Crippen molar-refractivity contribution in [3.63, 3.8) is 0 Å². The minimum Gasteiger partial charge on any atom is -0.420 e. The third-order valence-corrected chi connectivity index (χ3v) is 8.66. The van der Waals surface area contributed by atoms with Crippen LogP contribution in [0.25, 0.3) is 11.3 Å². The molecule has 40 heavy (non-hydrogen) atoms. The lowest BCUT2D eigenvalue weighted by atomic mass is 10.1. The van der Waals surface area contributed by atoms with Crippen molar-refractivity contribution < 1.29 is 27.3 Å². The lowest BCUT2D eigenvalue weighted by Crippen LogP contribution is -2.27. The number of nitrogens with zero attached hydrogens (tertiary/aromatic N) is 4. The van der Waals surface area contributed by atoms with E-state index in [2.05, 4.69) is 20.1 Å². The zero-order valence-corrected chi connectivity index (χ0v) is 23.3. The molecule has 0 aliphatic carbocycles. The minimum atomic E-state index is -3.84. The van der Waals surface area contributed by atoms with Crippen LogP contribution in [0.5, 0.6) is 5.75 Å². The van der Waals surface area contributed by atoms with E-state index in [1.807, 2.05) is 11.0 Å². The van der Waals surface area contributed by atoms with E-state index in [0.29, 0.717) is 43.2 Å². The molecule has 0 spiro atoms. The van der Waals surface area contributed by atoms with Crippen LogP contribution in [0.1, 0.15) is 42.3 Å². The van der Waals surface area contributed by atoms with Crippen LogP contribution in [0.3, 0.4) is 0 Å². The number of aromatic nitrogens is 3. The van der Waals surface area contributed by atoms with Crippen molar-refractivity contribution in [1.29, 1.82) is 4.78 Å². The smallest absolute Gasteiger partial charge is 0.420 e. The number of rotatable bonds is 8. The summed E-state index contributed by atoms with van der Waals surface area (Å²) >= 11 is 4.81. The van der Waals surface area contributed by atoms with Crippen LogP contribution >= 0.6 is 11.6 Å². The van der Waals surface area contributed by atoms with Gasteiger partial charge in [-0.3, -0.25) is 9.57 Å². The molecule has 2 N–H and O–H groups in total. The number of hydrogen-bond acceptors (Lipinski definition) is 8. The summed E-state index contributed by atoms with van der Waals surface area (Å²) in [6, 6.07) is 8.93. The monoisotopic (exact) mass is 594 g/mol. The highest BCUT2D eigenvalue weighted by molar-refractivity contribution is 7.92. The summed E-state index contributed by atoms with van der Waals surface area (Å²) in [5.41, 5.74) is -1.84. The number of benzene rings is 1. The van der Waals surface area contributed by atoms with Crippen LogP contribution in [0.15, 0.2) is 48.8 Å². The first kappa shape index (κ1) is 28.2. The summed E-state index contributed by atoms with van der Waals surface area (Å²) in [7, 11) is -2.73. The zero-order valence-electron chi connectivity index (χ0n) is 21.7. The van der Waals surface area contributed by atoms with Gasteiger partial charge in [-0.2, -0.15) is 5.10 Å². The van der Waals surface area contributed by atoms with E-state index in [1.165, 1.54) is 36.7 Å². The van der Waals surface area contributed by atoms with Gasteiger partial charge in [0.25, 0.3) is 5.91 Å². The molecular formula is C26H29ClF2N6O4S. The predicted molar refractivity (Wildman–Crippen MR) is 148 cm³/mol. The number of carbonyl (C=O) groups is 1. The van der Waals surface area contributed by atoms with Gasteiger partial charge in [0.1, 0.15) is 11.6 Å². The number of hydrogen-bond donors (Lipinski definition) is 2. The molecule has 2 aliphatic rings. The van der Waals surface area contributed by atoms with Crippen LogP contribution in [0.4, 0.5) is 20.3 Å². The molecule has 14 heteroatoms. The van der Waals surface area contributed by atoms with Gasteiger partial charge in [-0.1, -0.05) is 0 Å². The molecule has 2 fully saturated rings. The van der Waals surface area contributed by atoms with Crippen molar-refractivity contribution in [3.8, 4) is 17.0 Å². The summed E-state index contributed by atoms with van der Waals surface area (Å²) in [6.07, 6.45) is 7.72. The Labute approximate surface area is 235 Å². The molecule has 0 radical (unpaired) electrons. The molecule has 3 unspecified atom stereocenters. The summed E-state index contributed by atoms with van der Waals surface area (Å²) in [5, 5.41) is 6.96. The second-order valence-electron chi connectivity index (χ2n) is 9.86. The molecule has 0 saturated carbocycles. The van der Waals surface area contributed by atoms with Gasteiger partial charge < -0.3 is 19.7 Å². The quantitative estimate of drug-likeness (QED) is 0.338. The summed E-state index contributed by atoms with van der Waals surface area (Å²) in [6.45, 7) is 1.62. The molecule has 3 aromatic rings. The van der Waals surface area contributed by atoms with E-state index < -0.39 is 21.2 Å². The highest BCUT2D eigenvalue weighted by atomic mass is 35.5. The predicted octanol–water partition coefficient (Wildman–Crippen LogP) is 5.32. The maximum Gasteiger partial charge on any atom is 0.487 e. The Balaban J connectivity index is 1.45. The maximum atomic E-state index is 13.2. The van der Waals surface area contributed by atoms with E-state index in [9.17, 15) is 17.8 Å². The molecule has 10 nitrogen and oxygen atoms in total. The first-order chi connectivity index (χ1) is 19.0. The standard InChI is InChI=1S/C26H29ClF2N6O4S/c1-40(30,37)20-10-12-34(16-20)24-21(22-9-11-32-35(22)23-4-2-3-13-38-23)14-17(15-31-24)25(36)33-18-5-7-19(8-6-18)39-26(27,28)29/h5-9,11,14-15,20,23,30H,2-4,10,12-13,16H2,1H3,(H,33,36). The first-order valence-electron chi connectivity index (χ1n) is 12.8. The fourth-order valence-electron chi connectivity index (χ4n) is 4.93. The van der Waals surface area contributed by atoms with Gasteiger partial charge in [-0.15, -0.1) is 8.78 Å². The van der Waals surface area contributed by atoms with E-state index in [0.717, 1.165) is 25.0 Å². The van der Waals surface area contributed by atoms with Crippen LogP contribution in [-0.2, 0) is 14.5 Å². The molecule has 3 atom stereocenters. The average Bonchev–Trinajstić information content (AvgIpc) is 3.60. The highest BCUT2D eigenvalue weighted by Gasteiger charge is 2.32. The maximum absolute atomic E-state index is 13.2. The Morgan fingerprint density at radius 3 is 2.67 bits per heavy atom. The molecule has 2 aromatic heterocycles. The lowest BCUT2D eigenvalue weighted by Gasteiger charge is -2.26. The molecule has 214 valence electrons. The topological polar surface area (TPSA) is 122 Å². The molecular weight excluding hydrogens is 566 g/mol.